The van der Waals surface area contributed by atoms with Crippen LogP contribution in [0.5, 0.6) is 0 Å². The summed E-state index contributed by atoms with van der Waals surface area (Å²) in [7, 11) is 0. The van der Waals surface area contributed by atoms with E-state index in [0.717, 1.165) is 25.7 Å². The minimum atomic E-state index is -0.642. The Kier molecular flexibility index (Phi) is 6.54. The fourth-order valence-electron chi connectivity index (χ4n) is 1.43. The lowest BCUT2D eigenvalue weighted by Gasteiger charge is -2.12. The van der Waals surface area contributed by atoms with Gasteiger partial charge in [0.25, 0.3) is 0 Å². The second-order valence-corrected chi connectivity index (χ2v) is 5.88. The third kappa shape index (κ3) is 4.88. The van der Waals surface area contributed by atoms with E-state index in [1.54, 1.807) is 0 Å². The minimum Gasteiger partial charge on any atom is -0.466 e. The number of hydrogen-bond acceptors (Lipinski definition) is 5. The summed E-state index contributed by atoms with van der Waals surface area (Å²) < 4.78 is 9.60. The van der Waals surface area contributed by atoms with Gasteiger partial charge in [0.15, 0.2) is 0 Å². The lowest BCUT2D eigenvalue weighted by Crippen LogP contribution is -2.29. The summed E-state index contributed by atoms with van der Waals surface area (Å²) in [5.41, 5.74) is 0. The second-order valence-electron chi connectivity index (χ2n) is 4.52. The van der Waals surface area contributed by atoms with Gasteiger partial charge in [-0.1, -0.05) is 26.7 Å². The quantitative estimate of drug-likeness (QED) is 0.367. The molecule has 0 saturated carbocycles. The molecule has 1 atom stereocenters. The van der Waals surface area contributed by atoms with Crippen LogP contribution < -0.4 is 0 Å². The standard InChI is InChI=1S/C13H22O4S/c1-3-5-7-16-11(14)9-13(10-18-13)12(15)17-8-6-4-2/h3-10H2,1-2H3. The number of carbonyl (C=O) groups excluding carboxylic acids is 2. The molecule has 1 unspecified atom stereocenters. The third-order valence-electron chi connectivity index (χ3n) is 2.79. The summed E-state index contributed by atoms with van der Waals surface area (Å²) in [6.45, 7) is 4.97. The molecule has 1 fully saturated rings. The Hall–Kier alpha value is -0.710. The Bertz CT molecular complexity index is 287. The molecule has 0 aliphatic carbocycles. The van der Waals surface area contributed by atoms with Crippen molar-refractivity contribution in [3.05, 3.63) is 0 Å². The van der Waals surface area contributed by atoms with Crippen molar-refractivity contribution < 1.29 is 19.1 Å². The maximum atomic E-state index is 11.8. The van der Waals surface area contributed by atoms with Gasteiger partial charge in [-0.2, -0.15) is 0 Å². The molecule has 0 bridgehead atoms. The average Bonchev–Trinajstić information content (AvgIpc) is 3.10. The van der Waals surface area contributed by atoms with Crippen LogP contribution in [0.25, 0.3) is 0 Å². The highest BCUT2D eigenvalue weighted by Crippen LogP contribution is 2.48. The van der Waals surface area contributed by atoms with Crippen LogP contribution in [0.2, 0.25) is 0 Å². The Morgan fingerprint density at radius 1 is 1.11 bits per heavy atom. The number of thioether (sulfide) groups is 1. The molecule has 1 aliphatic rings. The molecule has 0 radical (unpaired) electrons. The van der Waals surface area contributed by atoms with E-state index in [4.69, 9.17) is 9.47 Å². The molecule has 0 aromatic heterocycles. The van der Waals surface area contributed by atoms with Crippen LogP contribution in [-0.2, 0) is 19.1 Å². The summed E-state index contributed by atoms with van der Waals surface area (Å²) in [6, 6.07) is 0. The fourth-order valence-corrected chi connectivity index (χ4v) is 2.23. The fraction of sp³-hybridized carbons (Fsp3) is 0.846. The molecular formula is C13H22O4S. The molecule has 5 heteroatoms. The van der Waals surface area contributed by atoms with Crippen LogP contribution in [0.15, 0.2) is 0 Å². The molecular weight excluding hydrogens is 252 g/mol. The van der Waals surface area contributed by atoms with Gasteiger partial charge in [-0.15, -0.1) is 11.8 Å². The number of unbranched alkanes of at least 4 members (excludes halogenated alkanes) is 2. The molecule has 0 spiro atoms. The van der Waals surface area contributed by atoms with Crippen molar-refractivity contribution >= 4 is 23.7 Å². The Balaban J connectivity index is 2.26. The first-order chi connectivity index (χ1) is 8.64. The summed E-state index contributed by atoms with van der Waals surface area (Å²) in [5, 5.41) is 0. The summed E-state index contributed by atoms with van der Waals surface area (Å²) in [5.74, 6) is 0.121. The number of esters is 2. The van der Waals surface area contributed by atoms with Crippen LogP contribution in [0.4, 0.5) is 0 Å². The van der Waals surface area contributed by atoms with Crippen LogP contribution in [0.3, 0.4) is 0 Å². The van der Waals surface area contributed by atoms with E-state index >= 15 is 0 Å². The zero-order valence-electron chi connectivity index (χ0n) is 11.2. The lowest BCUT2D eigenvalue weighted by molar-refractivity contribution is -0.151. The molecule has 0 N–H and O–H groups in total. The number of rotatable bonds is 9. The highest BCUT2D eigenvalue weighted by molar-refractivity contribution is 8.08. The van der Waals surface area contributed by atoms with Gasteiger partial charge in [-0.25, -0.2) is 0 Å². The molecule has 1 saturated heterocycles. The number of carbonyl (C=O) groups is 2. The van der Waals surface area contributed by atoms with Gasteiger partial charge < -0.3 is 9.47 Å². The van der Waals surface area contributed by atoms with E-state index < -0.39 is 4.75 Å². The Morgan fingerprint density at radius 2 is 1.67 bits per heavy atom. The van der Waals surface area contributed by atoms with E-state index in [9.17, 15) is 9.59 Å². The zero-order chi connectivity index (χ0) is 13.4. The molecule has 0 aromatic rings. The van der Waals surface area contributed by atoms with Crippen molar-refractivity contribution in [2.24, 2.45) is 0 Å². The Morgan fingerprint density at radius 3 is 2.17 bits per heavy atom. The van der Waals surface area contributed by atoms with Crippen LogP contribution in [0, 0.1) is 0 Å². The molecule has 18 heavy (non-hydrogen) atoms. The van der Waals surface area contributed by atoms with E-state index in [1.165, 1.54) is 11.8 Å². The minimum absolute atomic E-state index is 0.145. The summed E-state index contributed by atoms with van der Waals surface area (Å²) in [4.78, 5) is 23.4. The molecule has 0 aromatic carbocycles. The maximum absolute atomic E-state index is 11.8. The molecule has 104 valence electrons. The topological polar surface area (TPSA) is 52.6 Å². The maximum Gasteiger partial charge on any atom is 0.323 e. The van der Waals surface area contributed by atoms with Gasteiger partial charge in [-0.05, 0) is 12.8 Å². The van der Waals surface area contributed by atoms with Crippen molar-refractivity contribution in [2.75, 3.05) is 19.0 Å². The Labute approximate surface area is 113 Å². The van der Waals surface area contributed by atoms with Gasteiger partial charge in [0.2, 0.25) is 0 Å². The molecule has 4 nitrogen and oxygen atoms in total. The highest BCUT2D eigenvalue weighted by atomic mass is 32.2. The van der Waals surface area contributed by atoms with Gasteiger partial charge in [0, 0.05) is 5.75 Å². The SMILES string of the molecule is CCCCOC(=O)CC1(C(=O)OCCCC)CS1. The predicted octanol–water partition coefficient (Wildman–Crippen LogP) is 2.55. The molecule has 1 rings (SSSR count). The van der Waals surface area contributed by atoms with Gasteiger partial charge in [0.1, 0.15) is 4.75 Å². The van der Waals surface area contributed by atoms with Crippen molar-refractivity contribution in [3.8, 4) is 0 Å². The van der Waals surface area contributed by atoms with Crippen LogP contribution in [0.1, 0.15) is 46.0 Å². The molecule has 0 amide bonds. The molecule has 1 aliphatic heterocycles. The van der Waals surface area contributed by atoms with Gasteiger partial charge in [0.05, 0.1) is 19.6 Å². The van der Waals surface area contributed by atoms with Crippen LogP contribution >= 0.6 is 11.8 Å². The molecule has 1 heterocycles. The largest absolute Gasteiger partial charge is 0.466 e. The highest BCUT2D eigenvalue weighted by Gasteiger charge is 2.54. The first-order valence-corrected chi connectivity index (χ1v) is 7.60. The van der Waals surface area contributed by atoms with Crippen molar-refractivity contribution in [3.63, 3.8) is 0 Å². The average molecular weight is 274 g/mol. The lowest BCUT2D eigenvalue weighted by atomic mass is 10.1. The zero-order valence-corrected chi connectivity index (χ0v) is 12.0. The normalized spacial score (nSPS) is 21.4. The van der Waals surface area contributed by atoms with E-state index in [0.29, 0.717) is 19.0 Å². The van der Waals surface area contributed by atoms with E-state index in [2.05, 4.69) is 0 Å². The van der Waals surface area contributed by atoms with Crippen molar-refractivity contribution in [1.29, 1.82) is 0 Å². The predicted molar refractivity (Wildman–Crippen MR) is 71.5 cm³/mol. The van der Waals surface area contributed by atoms with Gasteiger partial charge in [-0.3, -0.25) is 9.59 Å². The smallest absolute Gasteiger partial charge is 0.323 e. The second kappa shape index (κ2) is 7.67. The third-order valence-corrected chi connectivity index (χ3v) is 4.08. The van der Waals surface area contributed by atoms with Crippen molar-refractivity contribution in [2.45, 2.75) is 50.7 Å². The van der Waals surface area contributed by atoms with Gasteiger partial charge >= 0.3 is 11.9 Å². The van der Waals surface area contributed by atoms with E-state index in [1.807, 2.05) is 13.8 Å². The number of hydrogen-bond donors (Lipinski definition) is 0. The summed E-state index contributed by atoms with van der Waals surface area (Å²) >= 11 is 1.47. The van der Waals surface area contributed by atoms with Crippen LogP contribution in [-0.4, -0.2) is 35.7 Å². The first kappa shape index (κ1) is 15.3. The van der Waals surface area contributed by atoms with Crippen molar-refractivity contribution in [1.82, 2.24) is 0 Å². The monoisotopic (exact) mass is 274 g/mol. The van der Waals surface area contributed by atoms with E-state index in [-0.39, 0.29) is 18.4 Å². The summed E-state index contributed by atoms with van der Waals surface area (Å²) in [6.07, 6.45) is 3.87. The first-order valence-electron chi connectivity index (χ1n) is 6.61. The number of ether oxygens (including phenoxy) is 2.